The third kappa shape index (κ3) is 4.84. The van der Waals surface area contributed by atoms with Crippen LogP contribution in [-0.2, 0) is 28.6 Å². The van der Waals surface area contributed by atoms with Crippen LogP contribution in [0.4, 0.5) is 0 Å². The molecule has 180 valence electrons. The summed E-state index contributed by atoms with van der Waals surface area (Å²) in [4.78, 5) is 38.1. The van der Waals surface area contributed by atoms with Crippen LogP contribution < -0.4 is 0 Å². The van der Waals surface area contributed by atoms with Gasteiger partial charge >= 0.3 is 17.9 Å². The molecule has 5 aliphatic carbocycles. The van der Waals surface area contributed by atoms with Crippen molar-refractivity contribution in [3.8, 4) is 0 Å². The van der Waals surface area contributed by atoms with Gasteiger partial charge in [-0.15, -0.1) is 0 Å². The van der Waals surface area contributed by atoms with Crippen LogP contribution in [0.15, 0.2) is 0 Å². The van der Waals surface area contributed by atoms with Crippen molar-refractivity contribution in [1.82, 2.24) is 0 Å². The van der Waals surface area contributed by atoms with E-state index in [1.54, 1.807) is 13.8 Å². The highest BCUT2D eigenvalue weighted by molar-refractivity contribution is 5.80. The lowest BCUT2D eigenvalue weighted by Gasteiger charge is -2.55. The molecule has 0 N–H and O–H groups in total. The molecule has 0 aromatic rings. The van der Waals surface area contributed by atoms with Crippen LogP contribution in [0.1, 0.15) is 97.8 Å². The van der Waals surface area contributed by atoms with E-state index >= 15 is 0 Å². The van der Waals surface area contributed by atoms with Crippen LogP contribution in [0.5, 0.6) is 0 Å². The fraction of sp³-hybridized carbons (Fsp3) is 0.885. The van der Waals surface area contributed by atoms with E-state index in [-0.39, 0.29) is 18.0 Å². The predicted molar refractivity (Wildman–Crippen MR) is 119 cm³/mol. The number of hydrogen-bond donors (Lipinski definition) is 0. The van der Waals surface area contributed by atoms with Crippen LogP contribution >= 0.6 is 0 Å². The summed E-state index contributed by atoms with van der Waals surface area (Å²) in [5.74, 6) is 1.00. The molecule has 6 nitrogen and oxygen atoms in total. The average molecular weight is 449 g/mol. The van der Waals surface area contributed by atoms with Gasteiger partial charge in [0.2, 0.25) is 0 Å². The molecule has 5 saturated carbocycles. The molecule has 0 radical (unpaired) electrons. The summed E-state index contributed by atoms with van der Waals surface area (Å²) in [7, 11) is 0. The SMILES string of the molecule is CCC(C)(C)C(=O)OCC(=O)OC1(COC(=O)C23CC4CC(CC(C4)C2)C3)CCCCC1. The molecule has 5 aliphatic rings. The second-order valence-electron chi connectivity index (χ2n) is 11.8. The molecule has 0 spiro atoms. The highest BCUT2D eigenvalue weighted by Gasteiger charge is 2.56. The van der Waals surface area contributed by atoms with Crippen molar-refractivity contribution in [3.63, 3.8) is 0 Å². The van der Waals surface area contributed by atoms with Crippen molar-refractivity contribution in [3.05, 3.63) is 0 Å². The van der Waals surface area contributed by atoms with E-state index < -0.39 is 29.6 Å². The van der Waals surface area contributed by atoms with E-state index in [2.05, 4.69) is 0 Å². The van der Waals surface area contributed by atoms with E-state index in [1.807, 2.05) is 6.92 Å². The van der Waals surface area contributed by atoms with Gasteiger partial charge < -0.3 is 14.2 Å². The number of carbonyl (C=O) groups is 3. The molecule has 4 bridgehead atoms. The van der Waals surface area contributed by atoms with Crippen LogP contribution in [0.25, 0.3) is 0 Å². The Balaban J connectivity index is 1.34. The van der Waals surface area contributed by atoms with Crippen LogP contribution in [0.3, 0.4) is 0 Å². The van der Waals surface area contributed by atoms with Crippen molar-refractivity contribution in [2.24, 2.45) is 28.6 Å². The van der Waals surface area contributed by atoms with Gasteiger partial charge in [0.25, 0.3) is 0 Å². The molecular weight excluding hydrogens is 408 g/mol. The van der Waals surface area contributed by atoms with Crippen LogP contribution in [-0.4, -0.2) is 36.7 Å². The van der Waals surface area contributed by atoms with Gasteiger partial charge in [0.05, 0.1) is 10.8 Å². The first kappa shape index (κ1) is 23.6. The van der Waals surface area contributed by atoms with Gasteiger partial charge in [-0.05, 0) is 102 Å². The maximum absolute atomic E-state index is 13.3. The quantitative estimate of drug-likeness (QED) is 0.385. The Morgan fingerprint density at radius 2 is 1.44 bits per heavy atom. The Hall–Kier alpha value is -1.59. The zero-order valence-electron chi connectivity index (χ0n) is 20.1. The minimum atomic E-state index is -0.792. The highest BCUT2D eigenvalue weighted by atomic mass is 16.6. The van der Waals surface area contributed by atoms with Gasteiger partial charge in [0.1, 0.15) is 12.2 Å². The van der Waals surface area contributed by atoms with Crippen molar-refractivity contribution < 1.29 is 28.6 Å². The predicted octanol–water partition coefficient (Wildman–Crippen LogP) is 4.97. The topological polar surface area (TPSA) is 78.9 Å². The van der Waals surface area contributed by atoms with E-state index in [4.69, 9.17) is 14.2 Å². The standard InChI is InChI=1S/C26H40O6/c1-4-24(2,3)22(28)30-16-21(27)32-26(8-6-5-7-9-26)17-31-23(29)25-13-18-10-19(14-25)12-20(11-18)15-25/h18-20H,4-17H2,1-3H3. The summed E-state index contributed by atoms with van der Waals surface area (Å²) in [5.41, 5.74) is -1.73. The van der Waals surface area contributed by atoms with Gasteiger partial charge in [0, 0.05) is 0 Å². The molecule has 0 unspecified atom stereocenters. The zero-order chi connectivity index (χ0) is 23.0. The molecule has 32 heavy (non-hydrogen) atoms. The average Bonchev–Trinajstić information content (AvgIpc) is 2.75. The molecule has 0 saturated heterocycles. The Morgan fingerprint density at radius 1 is 0.875 bits per heavy atom. The Bertz CT molecular complexity index is 697. The Kier molecular flexibility index (Phi) is 6.61. The van der Waals surface area contributed by atoms with E-state index in [0.717, 1.165) is 38.5 Å². The second kappa shape index (κ2) is 8.98. The number of esters is 3. The van der Waals surface area contributed by atoms with E-state index in [0.29, 0.717) is 37.0 Å². The molecule has 0 aromatic heterocycles. The smallest absolute Gasteiger partial charge is 0.344 e. The Labute approximate surface area is 192 Å². The molecule has 5 rings (SSSR count). The Morgan fingerprint density at radius 3 is 1.97 bits per heavy atom. The fourth-order valence-electron chi connectivity index (χ4n) is 6.92. The molecule has 5 fully saturated rings. The molecule has 0 atom stereocenters. The summed E-state index contributed by atoms with van der Waals surface area (Å²) < 4.78 is 17.0. The van der Waals surface area contributed by atoms with Gasteiger partial charge in [-0.25, -0.2) is 4.79 Å². The maximum atomic E-state index is 13.3. The fourth-order valence-corrected chi connectivity index (χ4v) is 6.92. The molecule has 0 aliphatic heterocycles. The number of rotatable bonds is 8. The van der Waals surface area contributed by atoms with Gasteiger partial charge in [-0.2, -0.15) is 0 Å². The minimum absolute atomic E-state index is 0.0753. The third-order valence-electron chi connectivity index (χ3n) is 8.79. The molecule has 0 amide bonds. The molecule has 0 heterocycles. The largest absolute Gasteiger partial charge is 0.461 e. The highest BCUT2D eigenvalue weighted by Crippen LogP contribution is 2.60. The summed E-state index contributed by atoms with van der Waals surface area (Å²) in [5, 5.41) is 0. The lowest BCUT2D eigenvalue weighted by molar-refractivity contribution is -0.192. The minimum Gasteiger partial charge on any atom is -0.461 e. The number of hydrogen-bond acceptors (Lipinski definition) is 6. The first-order chi connectivity index (χ1) is 15.2. The van der Waals surface area contributed by atoms with Crippen LogP contribution in [0, 0.1) is 28.6 Å². The van der Waals surface area contributed by atoms with Gasteiger partial charge in [-0.3, -0.25) is 9.59 Å². The number of carbonyl (C=O) groups excluding carboxylic acids is 3. The van der Waals surface area contributed by atoms with E-state index in [9.17, 15) is 14.4 Å². The zero-order valence-corrected chi connectivity index (χ0v) is 20.1. The molecular formula is C26H40O6. The maximum Gasteiger partial charge on any atom is 0.344 e. The van der Waals surface area contributed by atoms with Crippen molar-refractivity contribution in [2.75, 3.05) is 13.2 Å². The summed E-state index contributed by atoms with van der Waals surface area (Å²) in [6.07, 6.45) is 11.7. The van der Waals surface area contributed by atoms with Gasteiger partial charge in [0.15, 0.2) is 6.61 Å². The normalized spacial score (nSPS) is 32.9. The first-order valence-corrected chi connectivity index (χ1v) is 12.7. The summed E-state index contributed by atoms with van der Waals surface area (Å²) >= 11 is 0. The van der Waals surface area contributed by atoms with Crippen LogP contribution in [0.2, 0.25) is 0 Å². The summed E-state index contributed by atoms with van der Waals surface area (Å²) in [6, 6.07) is 0. The molecule has 6 heteroatoms. The van der Waals surface area contributed by atoms with Crippen molar-refractivity contribution in [1.29, 1.82) is 0 Å². The second-order valence-corrected chi connectivity index (χ2v) is 11.8. The van der Waals surface area contributed by atoms with Gasteiger partial charge in [-0.1, -0.05) is 13.3 Å². The number of ether oxygens (including phenoxy) is 3. The van der Waals surface area contributed by atoms with E-state index in [1.165, 1.54) is 19.3 Å². The lowest BCUT2D eigenvalue weighted by atomic mass is 9.49. The summed E-state index contributed by atoms with van der Waals surface area (Å²) in [6.45, 7) is 5.23. The molecule has 0 aromatic carbocycles. The van der Waals surface area contributed by atoms with Crippen molar-refractivity contribution >= 4 is 17.9 Å². The van der Waals surface area contributed by atoms with Crippen molar-refractivity contribution in [2.45, 2.75) is 103 Å². The monoisotopic (exact) mass is 448 g/mol. The third-order valence-corrected chi connectivity index (χ3v) is 8.79. The lowest BCUT2D eigenvalue weighted by Crippen LogP contribution is -2.52. The first-order valence-electron chi connectivity index (χ1n) is 12.7.